The van der Waals surface area contributed by atoms with Crippen molar-refractivity contribution < 1.29 is 79.7 Å². The summed E-state index contributed by atoms with van der Waals surface area (Å²) in [6.07, 6.45) is 13.7. The Hall–Kier alpha value is -5.25. The minimum atomic E-state index is -10.7. The van der Waals surface area contributed by atoms with E-state index in [0.29, 0.717) is 0 Å². The average molecular weight is 1010 g/mol. The second-order valence-corrected chi connectivity index (χ2v) is 16.5. The number of pyridine rings is 5. The fourth-order valence-corrected chi connectivity index (χ4v) is 4.91. The molecule has 5 aromatic heterocycles. The number of hydrogen-bond donors (Lipinski definition) is 1. The first-order chi connectivity index (χ1) is 28.1. The molecule has 0 spiro atoms. The molecule has 0 bridgehead atoms. The van der Waals surface area contributed by atoms with Gasteiger partial charge >= 0.3 is 91.4 Å². The van der Waals surface area contributed by atoms with Crippen LogP contribution in [0.3, 0.4) is 0 Å². The molecule has 336 valence electrons. The van der Waals surface area contributed by atoms with E-state index < -0.39 is 21.6 Å². The Kier molecular flexibility index (Phi) is 17.7. The molecule has 1 aromatic carbocycles. The second-order valence-electron chi connectivity index (χ2n) is 12.6. The maximum Gasteiger partial charge on any atom is 2.00 e. The summed E-state index contributed by atoms with van der Waals surface area (Å²) in [6, 6.07) is 35.5. The molecular weight excluding hydrogens is 975 g/mol. The van der Waals surface area contributed by atoms with Crippen LogP contribution in [0.1, 0.15) is 42.5 Å². The van der Waals surface area contributed by atoms with E-state index in [2.05, 4.69) is 42.0 Å². The molecule has 1 aliphatic heterocycles. The number of unbranched alkanes of at least 4 members (excludes halogenated alkanes) is 2. The molecule has 0 radical (unpaired) electrons. The van der Waals surface area contributed by atoms with Gasteiger partial charge in [-0.25, -0.2) is 0 Å². The maximum absolute atomic E-state index is 10.7. The van der Waals surface area contributed by atoms with Crippen LogP contribution in [-0.4, -0.2) is 41.7 Å². The Bertz CT molecular complexity index is 2140. The Morgan fingerprint density at radius 3 is 1.26 bits per heavy atom. The number of aryl methyl sites for hydroxylation is 1. The van der Waals surface area contributed by atoms with Gasteiger partial charge in [0, 0.05) is 43.8 Å². The summed E-state index contributed by atoms with van der Waals surface area (Å²) in [4.78, 5) is 36.4. The van der Waals surface area contributed by atoms with Crippen molar-refractivity contribution in [2.24, 2.45) is 4.99 Å². The number of aromatic nitrogens is 5. The van der Waals surface area contributed by atoms with E-state index in [1.54, 1.807) is 24.8 Å². The van der Waals surface area contributed by atoms with E-state index in [9.17, 15) is 55.2 Å². The number of carboxylic acids is 1. The van der Waals surface area contributed by atoms with E-state index in [1.165, 1.54) is 11.1 Å². The number of carboxylic acid groups (broad SMARTS) is 1. The Morgan fingerprint density at radius 2 is 0.887 bits per heavy atom. The minimum absolute atomic E-state index is 0. The normalized spacial score (nSPS) is 13.7. The molecule has 7 rings (SSSR count). The standard InChI is InChI=1S/C19H20N2O2.2C10H8N2.2F6P.Ru/c22-19(23)9-3-1-2-6-14-10-11-20-17(12-14)18-13-15-7-4-5-8-16(15)21-18;2*1-3-7-11-9(5-1)10-6-2-4-8-12-10;2*1-7(2,3,4,5)6;/h4-5,7-8,10-12H,1-3,6,9,13H2,(H,22,23);2*1-8H;;;/q;;;2*-1;+2. The van der Waals surface area contributed by atoms with Crippen LogP contribution in [0, 0.1) is 0 Å². The number of hydrogen-bond acceptors (Lipinski definition) is 7. The molecule has 1 aliphatic rings. The van der Waals surface area contributed by atoms with Gasteiger partial charge < -0.3 is 5.11 Å². The van der Waals surface area contributed by atoms with Crippen LogP contribution in [0.25, 0.3) is 22.8 Å². The van der Waals surface area contributed by atoms with Crippen LogP contribution in [0.5, 0.6) is 0 Å². The predicted octanol–water partition coefficient (Wildman–Crippen LogP) is 15.0. The van der Waals surface area contributed by atoms with Crippen LogP contribution in [0.4, 0.5) is 56.1 Å². The number of fused-ring (bicyclic) bond motifs is 1. The average Bonchev–Trinajstić information content (AvgIpc) is 3.62. The summed E-state index contributed by atoms with van der Waals surface area (Å²) in [7, 11) is -21.3. The van der Waals surface area contributed by atoms with Gasteiger partial charge in [-0.3, -0.25) is 34.7 Å². The van der Waals surface area contributed by atoms with Crippen LogP contribution in [-0.2, 0) is 37.1 Å². The molecule has 62 heavy (non-hydrogen) atoms. The van der Waals surface area contributed by atoms with Gasteiger partial charge in [0.15, 0.2) is 0 Å². The van der Waals surface area contributed by atoms with Gasteiger partial charge in [0.05, 0.1) is 39.9 Å². The molecule has 0 saturated heterocycles. The van der Waals surface area contributed by atoms with Gasteiger partial charge in [-0.15, -0.1) is 0 Å². The first-order valence-electron chi connectivity index (χ1n) is 17.7. The van der Waals surface area contributed by atoms with E-state index in [1.807, 2.05) is 103 Å². The molecule has 6 aromatic rings. The minimum Gasteiger partial charge on any atom is -0.481 e. The van der Waals surface area contributed by atoms with Crippen molar-refractivity contribution in [2.45, 2.75) is 38.5 Å². The van der Waals surface area contributed by atoms with Gasteiger partial charge in [-0.1, -0.05) is 48.9 Å². The van der Waals surface area contributed by atoms with Crippen LogP contribution in [0.15, 0.2) is 145 Å². The maximum atomic E-state index is 10.5. The van der Waals surface area contributed by atoms with Crippen molar-refractivity contribution in [3.05, 3.63) is 157 Å². The molecule has 8 nitrogen and oxygen atoms in total. The molecule has 0 fully saturated rings. The van der Waals surface area contributed by atoms with E-state index in [-0.39, 0.29) is 25.9 Å². The number of rotatable bonds is 9. The number of carbonyl (C=O) groups is 1. The zero-order chi connectivity index (χ0) is 45.3. The van der Waals surface area contributed by atoms with Gasteiger partial charge in [0.25, 0.3) is 0 Å². The van der Waals surface area contributed by atoms with Crippen molar-refractivity contribution >= 4 is 33.0 Å². The molecule has 0 aliphatic carbocycles. The Labute approximate surface area is 359 Å². The molecule has 6 heterocycles. The summed E-state index contributed by atoms with van der Waals surface area (Å²) >= 11 is 0. The zero-order valence-corrected chi connectivity index (χ0v) is 35.4. The van der Waals surface area contributed by atoms with Crippen LogP contribution >= 0.6 is 15.6 Å². The third-order valence-electron chi connectivity index (χ3n) is 7.27. The largest absolute Gasteiger partial charge is 2.00 e. The molecule has 0 atom stereocenters. The van der Waals surface area contributed by atoms with Crippen LogP contribution in [0.2, 0.25) is 0 Å². The number of para-hydroxylation sites is 1. The van der Waals surface area contributed by atoms with Crippen LogP contribution < -0.4 is 0 Å². The summed E-state index contributed by atoms with van der Waals surface area (Å²) in [5.74, 6) is -0.713. The Balaban J connectivity index is 0.000000290. The number of aliphatic imine (C=N–C) groups is 1. The SMILES string of the molecule is F[P-](F)(F)(F)(F)F.F[P-](F)(F)(F)(F)F.O=C(O)CCCCCc1ccnc(C2=Nc3ccccc3C2)c1.[Ru+2].c1ccc(-c2ccccn2)nc1.c1ccc(-c2ccccn2)nc1. The number of halogens is 12. The fourth-order valence-electron chi connectivity index (χ4n) is 4.91. The first-order valence-corrected chi connectivity index (χ1v) is 21.7. The van der Waals surface area contributed by atoms with Crippen molar-refractivity contribution in [2.75, 3.05) is 0 Å². The zero-order valence-electron chi connectivity index (χ0n) is 31.8. The smallest absolute Gasteiger partial charge is 0.481 e. The fraction of sp³-hybridized carbons (Fsp3) is 0.154. The second kappa shape index (κ2) is 20.7. The number of aliphatic carboxylic acids is 1. The number of nitrogens with zero attached hydrogens (tertiary/aromatic N) is 6. The van der Waals surface area contributed by atoms with Crippen molar-refractivity contribution in [1.82, 2.24) is 24.9 Å². The quantitative estimate of drug-likeness (QED) is 0.0664. The molecule has 23 heteroatoms. The van der Waals surface area contributed by atoms with Crippen molar-refractivity contribution in [3.8, 4) is 22.8 Å². The monoisotopic (exact) mass is 1010 g/mol. The van der Waals surface area contributed by atoms with E-state index in [4.69, 9.17) is 5.11 Å². The van der Waals surface area contributed by atoms with Crippen molar-refractivity contribution in [1.29, 1.82) is 0 Å². The third kappa shape index (κ3) is 27.6. The van der Waals surface area contributed by atoms with Crippen molar-refractivity contribution in [3.63, 3.8) is 0 Å². The molecule has 0 saturated carbocycles. The molecule has 1 N–H and O–H groups in total. The Morgan fingerprint density at radius 1 is 0.500 bits per heavy atom. The van der Waals surface area contributed by atoms with E-state index in [0.717, 1.165) is 72.0 Å². The summed E-state index contributed by atoms with van der Waals surface area (Å²) in [5.41, 5.74) is 9.17. The molecule has 0 amide bonds. The summed E-state index contributed by atoms with van der Waals surface area (Å²) in [6.45, 7) is 0. The van der Waals surface area contributed by atoms with Gasteiger partial charge in [0.1, 0.15) is 0 Å². The van der Waals surface area contributed by atoms with E-state index >= 15 is 0 Å². The first kappa shape index (κ1) is 52.9. The topological polar surface area (TPSA) is 114 Å². The predicted molar refractivity (Wildman–Crippen MR) is 212 cm³/mol. The van der Waals surface area contributed by atoms with Gasteiger partial charge in [0.2, 0.25) is 0 Å². The molecular formula is C39H36F12N6O2P2Ru. The summed E-state index contributed by atoms with van der Waals surface area (Å²) < 4.78 is 118. The molecule has 0 unspecified atom stereocenters. The summed E-state index contributed by atoms with van der Waals surface area (Å²) in [5, 5.41) is 8.64. The third-order valence-corrected chi connectivity index (χ3v) is 7.27. The van der Waals surface area contributed by atoms with Gasteiger partial charge in [-0.2, -0.15) is 0 Å². The number of benzene rings is 1. The van der Waals surface area contributed by atoms with Gasteiger partial charge in [-0.05, 0) is 97.1 Å².